The Bertz CT molecular complexity index is 131. The summed E-state index contributed by atoms with van der Waals surface area (Å²) in [5.41, 5.74) is 0. The number of aliphatic hydroxyl groups is 3. The highest BCUT2D eigenvalue weighted by molar-refractivity contribution is 4.91. The van der Waals surface area contributed by atoms with Gasteiger partial charge in [-0.05, 0) is 13.5 Å². The van der Waals surface area contributed by atoms with Gasteiger partial charge in [0.1, 0.15) is 0 Å². The molecule has 1 aliphatic heterocycles. The maximum absolute atomic E-state index is 9.36. The van der Waals surface area contributed by atoms with Crippen LogP contribution in [0.4, 0.5) is 0 Å². The Labute approximate surface area is 66.1 Å². The van der Waals surface area contributed by atoms with Crippen LogP contribution in [0.1, 0.15) is 6.42 Å². The summed E-state index contributed by atoms with van der Waals surface area (Å²) in [6.07, 6.45) is -0.835. The molecule has 0 radical (unpaired) electrons. The van der Waals surface area contributed by atoms with E-state index in [1.54, 1.807) is 0 Å². The van der Waals surface area contributed by atoms with Crippen molar-refractivity contribution in [2.24, 2.45) is 0 Å². The Morgan fingerprint density at radius 3 is 2.45 bits per heavy atom. The fourth-order valence-corrected chi connectivity index (χ4v) is 1.58. The zero-order valence-corrected chi connectivity index (χ0v) is 6.64. The van der Waals surface area contributed by atoms with Crippen LogP contribution >= 0.6 is 0 Å². The van der Waals surface area contributed by atoms with Gasteiger partial charge in [0.15, 0.2) is 0 Å². The lowest BCUT2D eigenvalue weighted by Crippen LogP contribution is -2.34. The van der Waals surface area contributed by atoms with Gasteiger partial charge in [-0.2, -0.15) is 0 Å². The summed E-state index contributed by atoms with van der Waals surface area (Å²) in [5, 5.41) is 27.2. The molecule has 0 unspecified atom stereocenters. The van der Waals surface area contributed by atoms with Crippen LogP contribution in [0, 0.1) is 0 Å². The second-order valence-electron chi connectivity index (χ2n) is 3.08. The molecule has 0 saturated carbocycles. The van der Waals surface area contributed by atoms with Gasteiger partial charge < -0.3 is 15.3 Å². The van der Waals surface area contributed by atoms with Crippen molar-refractivity contribution >= 4 is 0 Å². The van der Waals surface area contributed by atoms with Crippen LogP contribution in [0.2, 0.25) is 0 Å². The smallest absolute Gasteiger partial charge is 0.0967 e. The first-order chi connectivity index (χ1) is 5.16. The van der Waals surface area contributed by atoms with Gasteiger partial charge in [0.05, 0.1) is 12.2 Å². The molecule has 11 heavy (non-hydrogen) atoms. The fraction of sp³-hybridized carbons (Fsp3) is 1.00. The Balaban J connectivity index is 2.49. The molecule has 0 aromatic rings. The van der Waals surface area contributed by atoms with Crippen molar-refractivity contribution in [3.05, 3.63) is 0 Å². The van der Waals surface area contributed by atoms with Gasteiger partial charge in [0.25, 0.3) is 0 Å². The molecule has 66 valence electrons. The first kappa shape index (κ1) is 8.93. The van der Waals surface area contributed by atoms with E-state index in [-0.39, 0.29) is 12.6 Å². The average Bonchev–Trinajstić information content (AvgIpc) is 2.17. The van der Waals surface area contributed by atoms with E-state index in [1.165, 1.54) is 0 Å². The van der Waals surface area contributed by atoms with Crippen LogP contribution in [-0.2, 0) is 0 Å². The third-order valence-electron chi connectivity index (χ3n) is 2.25. The molecule has 1 rings (SSSR count). The van der Waals surface area contributed by atoms with Crippen LogP contribution in [0.3, 0.4) is 0 Å². The molecular formula is C7H15NO3. The van der Waals surface area contributed by atoms with E-state index in [4.69, 9.17) is 5.11 Å². The van der Waals surface area contributed by atoms with Crippen LogP contribution in [-0.4, -0.2) is 58.7 Å². The van der Waals surface area contributed by atoms with Crippen molar-refractivity contribution in [1.29, 1.82) is 0 Å². The van der Waals surface area contributed by atoms with Crippen molar-refractivity contribution in [2.75, 3.05) is 20.2 Å². The number of rotatable bonds is 2. The van der Waals surface area contributed by atoms with Crippen molar-refractivity contribution in [1.82, 2.24) is 4.90 Å². The van der Waals surface area contributed by atoms with E-state index in [0.717, 1.165) is 0 Å². The van der Waals surface area contributed by atoms with E-state index in [0.29, 0.717) is 13.0 Å². The standard InChI is InChI=1S/C7H15NO3/c1-8-4-6(10)7(11)5(8)2-3-9/h5-7,9-11H,2-4H2,1H3/t5-,6-,7-/m0/s1. The predicted molar refractivity (Wildman–Crippen MR) is 40.1 cm³/mol. The zero-order valence-electron chi connectivity index (χ0n) is 6.64. The molecule has 4 nitrogen and oxygen atoms in total. The first-order valence-electron chi connectivity index (χ1n) is 3.84. The molecule has 0 aliphatic carbocycles. The fourth-order valence-electron chi connectivity index (χ4n) is 1.58. The van der Waals surface area contributed by atoms with Gasteiger partial charge in [0, 0.05) is 19.2 Å². The number of likely N-dealkylation sites (N-methyl/N-ethyl adjacent to an activating group) is 1. The topological polar surface area (TPSA) is 63.9 Å². The minimum absolute atomic E-state index is 0.0544. The Kier molecular flexibility index (Phi) is 2.84. The Hall–Kier alpha value is -0.160. The van der Waals surface area contributed by atoms with E-state index in [2.05, 4.69) is 0 Å². The van der Waals surface area contributed by atoms with Gasteiger partial charge in [-0.1, -0.05) is 0 Å². The number of nitrogens with zero attached hydrogens (tertiary/aromatic N) is 1. The second-order valence-corrected chi connectivity index (χ2v) is 3.08. The van der Waals surface area contributed by atoms with Crippen LogP contribution in [0.25, 0.3) is 0 Å². The molecule has 1 heterocycles. The summed E-state index contributed by atoms with van der Waals surface area (Å²) in [5.74, 6) is 0. The molecule has 4 heteroatoms. The van der Waals surface area contributed by atoms with E-state index >= 15 is 0 Å². The SMILES string of the molecule is CN1C[C@H](O)[C@@H](O)[C@@H]1CCO. The van der Waals surface area contributed by atoms with Crippen molar-refractivity contribution < 1.29 is 15.3 Å². The van der Waals surface area contributed by atoms with E-state index < -0.39 is 12.2 Å². The maximum atomic E-state index is 9.36. The Morgan fingerprint density at radius 2 is 2.09 bits per heavy atom. The largest absolute Gasteiger partial charge is 0.396 e. The highest BCUT2D eigenvalue weighted by Gasteiger charge is 2.36. The lowest BCUT2D eigenvalue weighted by molar-refractivity contribution is 0.0328. The summed E-state index contributed by atoms with van der Waals surface area (Å²) in [6.45, 7) is 0.546. The molecule has 1 aliphatic rings. The van der Waals surface area contributed by atoms with Crippen LogP contribution in [0.15, 0.2) is 0 Å². The number of β-amino-alcohol motifs (C(OH)–C–C–N with tert-alkyl or cyclic N) is 1. The predicted octanol–water partition coefficient (Wildman–Crippen LogP) is -1.60. The quantitative estimate of drug-likeness (QED) is 0.456. The average molecular weight is 161 g/mol. The molecule has 0 aromatic carbocycles. The van der Waals surface area contributed by atoms with Gasteiger partial charge in [-0.3, -0.25) is 4.90 Å². The molecule has 3 atom stereocenters. The van der Waals surface area contributed by atoms with Crippen LogP contribution < -0.4 is 0 Å². The number of aliphatic hydroxyl groups excluding tert-OH is 3. The van der Waals surface area contributed by atoms with Gasteiger partial charge >= 0.3 is 0 Å². The van der Waals surface area contributed by atoms with Crippen molar-refractivity contribution in [3.8, 4) is 0 Å². The van der Waals surface area contributed by atoms with Gasteiger partial charge in [0.2, 0.25) is 0 Å². The highest BCUT2D eigenvalue weighted by atomic mass is 16.3. The minimum atomic E-state index is -0.702. The van der Waals surface area contributed by atoms with Crippen LogP contribution in [0.5, 0.6) is 0 Å². The summed E-state index contributed by atoms with van der Waals surface area (Å²) in [6, 6.07) is -0.0880. The molecule has 0 spiro atoms. The third kappa shape index (κ3) is 1.70. The Morgan fingerprint density at radius 1 is 1.45 bits per heavy atom. The zero-order chi connectivity index (χ0) is 8.43. The summed E-state index contributed by atoms with van der Waals surface area (Å²) < 4.78 is 0. The van der Waals surface area contributed by atoms with Crippen molar-refractivity contribution in [2.45, 2.75) is 24.7 Å². The molecule has 3 N–H and O–H groups in total. The molecule has 1 fully saturated rings. The summed E-state index contributed by atoms with van der Waals surface area (Å²) >= 11 is 0. The monoisotopic (exact) mass is 161 g/mol. The second kappa shape index (κ2) is 3.49. The lowest BCUT2D eigenvalue weighted by atomic mass is 10.1. The number of hydrogen-bond acceptors (Lipinski definition) is 4. The minimum Gasteiger partial charge on any atom is -0.396 e. The van der Waals surface area contributed by atoms with E-state index in [1.807, 2.05) is 11.9 Å². The molecule has 1 saturated heterocycles. The molecule has 0 amide bonds. The summed E-state index contributed by atoms with van der Waals surface area (Å²) in [4.78, 5) is 1.87. The number of hydrogen-bond donors (Lipinski definition) is 3. The van der Waals surface area contributed by atoms with E-state index in [9.17, 15) is 10.2 Å². The maximum Gasteiger partial charge on any atom is 0.0967 e. The molecular weight excluding hydrogens is 146 g/mol. The van der Waals surface area contributed by atoms with Gasteiger partial charge in [-0.15, -0.1) is 0 Å². The first-order valence-corrected chi connectivity index (χ1v) is 3.84. The molecule has 0 aromatic heterocycles. The number of likely N-dealkylation sites (tertiary alicyclic amines) is 1. The highest BCUT2D eigenvalue weighted by Crippen LogP contribution is 2.18. The normalized spacial score (nSPS) is 39.8. The third-order valence-corrected chi connectivity index (χ3v) is 2.25. The van der Waals surface area contributed by atoms with Crippen molar-refractivity contribution in [3.63, 3.8) is 0 Å². The van der Waals surface area contributed by atoms with Gasteiger partial charge in [-0.25, -0.2) is 0 Å². The molecule has 0 bridgehead atoms. The lowest BCUT2D eigenvalue weighted by Gasteiger charge is -2.20. The summed E-state index contributed by atoms with van der Waals surface area (Å²) in [7, 11) is 1.83.